The molecule has 104 valence electrons. The molecule has 1 aliphatic heterocycles. The van der Waals surface area contributed by atoms with Crippen LogP contribution in [0.4, 0.5) is 13.2 Å². The van der Waals surface area contributed by atoms with Gasteiger partial charge in [0.1, 0.15) is 0 Å². The van der Waals surface area contributed by atoms with Crippen LogP contribution in [0.15, 0.2) is 16.6 Å². The lowest BCUT2D eigenvalue weighted by atomic mass is 9.94. The Morgan fingerprint density at radius 2 is 2.17 bits per heavy atom. The van der Waals surface area contributed by atoms with Crippen LogP contribution in [0.25, 0.3) is 0 Å². The minimum Gasteiger partial charge on any atom is -0.367 e. The first kappa shape index (κ1) is 15.6. The van der Waals surface area contributed by atoms with Gasteiger partial charge < -0.3 is 5.11 Å². The number of aliphatic imine (C=N–C) groups is 1. The summed E-state index contributed by atoms with van der Waals surface area (Å²) in [5.74, 6) is -0.402. The second kappa shape index (κ2) is 5.65. The molecule has 2 atom stereocenters. The quantitative estimate of drug-likeness (QED) is 0.796. The Morgan fingerprint density at radius 3 is 2.67 bits per heavy atom. The van der Waals surface area contributed by atoms with Gasteiger partial charge in [-0.2, -0.15) is 13.2 Å². The van der Waals surface area contributed by atoms with Crippen LogP contribution in [0.3, 0.4) is 0 Å². The van der Waals surface area contributed by atoms with E-state index in [1.165, 1.54) is 0 Å². The van der Waals surface area contributed by atoms with E-state index >= 15 is 0 Å². The van der Waals surface area contributed by atoms with E-state index in [2.05, 4.69) is 4.99 Å². The smallest absolute Gasteiger partial charge is 0.367 e. The summed E-state index contributed by atoms with van der Waals surface area (Å²) in [6.07, 6.45) is -1.44. The molecule has 1 rings (SSSR count). The maximum atomic E-state index is 12.8. The van der Waals surface area contributed by atoms with Crippen molar-refractivity contribution in [3.63, 3.8) is 0 Å². The van der Waals surface area contributed by atoms with Gasteiger partial charge in [0.05, 0.1) is 11.6 Å². The molecule has 0 aromatic rings. The maximum absolute atomic E-state index is 12.8. The zero-order chi connectivity index (χ0) is 14.0. The summed E-state index contributed by atoms with van der Waals surface area (Å²) in [6.45, 7) is 5.57. The number of thioether (sulfide) groups is 1. The highest BCUT2D eigenvalue weighted by Crippen LogP contribution is 2.46. The summed E-state index contributed by atoms with van der Waals surface area (Å²) < 4.78 is 38.5. The number of nitrogens with zero attached hydrogens (tertiary/aromatic N) is 1. The molecule has 18 heavy (non-hydrogen) atoms. The van der Waals surface area contributed by atoms with Crippen LogP contribution in [0.5, 0.6) is 0 Å². The first-order chi connectivity index (χ1) is 8.18. The lowest BCUT2D eigenvalue weighted by molar-refractivity contribution is -0.195. The molecule has 0 aliphatic carbocycles. The van der Waals surface area contributed by atoms with Gasteiger partial charge in [0.25, 0.3) is 0 Å². The zero-order valence-corrected chi connectivity index (χ0v) is 11.5. The van der Waals surface area contributed by atoms with Gasteiger partial charge in [-0.3, -0.25) is 4.99 Å². The molecule has 2 unspecified atom stereocenters. The van der Waals surface area contributed by atoms with Crippen LogP contribution in [0, 0.1) is 5.92 Å². The molecule has 1 heterocycles. The molecule has 0 fully saturated rings. The van der Waals surface area contributed by atoms with Crippen LogP contribution >= 0.6 is 11.8 Å². The predicted octanol–water partition coefficient (Wildman–Crippen LogP) is 3.77. The molecular formula is C12H18F3NOS. The lowest BCUT2D eigenvalue weighted by Gasteiger charge is -2.29. The highest BCUT2D eigenvalue weighted by atomic mass is 32.2. The third kappa shape index (κ3) is 3.29. The maximum Gasteiger partial charge on any atom is 0.432 e. The van der Waals surface area contributed by atoms with E-state index in [-0.39, 0.29) is 17.5 Å². The van der Waals surface area contributed by atoms with E-state index < -0.39 is 11.1 Å². The van der Waals surface area contributed by atoms with E-state index in [1.54, 1.807) is 6.92 Å². The van der Waals surface area contributed by atoms with Crippen molar-refractivity contribution in [3.8, 4) is 0 Å². The van der Waals surface area contributed by atoms with Gasteiger partial charge in [-0.25, -0.2) is 0 Å². The average molecular weight is 281 g/mol. The third-order valence-corrected chi connectivity index (χ3v) is 3.98. The highest BCUT2D eigenvalue weighted by Gasteiger charge is 2.60. The number of hydrogen-bond donors (Lipinski definition) is 1. The predicted molar refractivity (Wildman–Crippen MR) is 68.7 cm³/mol. The molecule has 6 heteroatoms. The minimum atomic E-state index is -4.67. The minimum absolute atomic E-state index is 0.0294. The van der Waals surface area contributed by atoms with Crippen molar-refractivity contribution in [2.24, 2.45) is 10.9 Å². The van der Waals surface area contributed by atoms with E-state index in [4.69, 9.17) is 0 Å². The normalized spacial score (nSPS) is 25.8. The Morgan fingerprint density at radius 1 is 1.56 bits per heavy atom. The summed E-state index contributed by atoms with van der Waals surface area (Å²) in [6, 6.07) is 0. The SMILES string of the molecule is CC(C)=CCCC(C)C1=NCSC1(O)C(F)(F)F. The van der Waals surface area contributed by atoms with E-state index in [9.17, 15) is 18.3 Å². The molecule has 1 aliphatic rings. The standard InChI is InChI=1S/C12H18F3NOS/c1-8(2)5-4-6-9(3)10-11(17,12(13,14)15)18-7-16-10/h5,9,17H,4,6-7H2,1-3H3. The summed E-state index contributed by atoms with van der Waals surface area (Å²) in [7, 11) is 0. The van der Waals surface area contributed by atoms with E-state index in [0.717, 1.165) is 5.57 Å². The molecule has 0 aromatic carbocycles. The number of alkyl halides is 3. The number of allylic oxidation sites excluding steroid dienone is 2. The van der Waals surface area contributed by atoms with Crippen molar-refractivity contribution in [1.29, 1.82) is 0 Å². The van der Waals surface area contributed by atoms with Crippen molar-refractivity contribution >= 4 is 17.5 Å². The Labute approximate surface area is 109 Å². The van der Waals surface area contributed by atoms with E-state index in [1.807, 2.05) is 19.9 Å². The number of rotatable bonds is 4. The molecule has 0 bridgehead atoms. The molecule has 1 N–H and O–H groups in total. The van der Waals surface area contributed by atoms with Gasteiger partial charge in [-0.15, -0.1) is 0 Å². The number of hydrogen-bond acceptors (Lipinski definition) is 3. The van der Waals surface area contributed by atoms with Crippen molar-refractivity contribution in [3.05, 3.63) is 11.6 Å². The van der Waals surface area contributed by atoms with Crippen LogP contribution in [0.2, 0.25) is 0 Å². The molecule has 0 saturated carbocycles. The summed E-state index contributed by atoms with van der Waals surface area (Å²) in [4.78, 5) is 1.05. The molecule has 2 nitrogen and oxygen atoms in total. The van der Waals surface area contributed by atoms with Gasteiger partial charge in [0.2, 0.25) is 4.93 Å². The van der Waals surface area contributed by atoms with Gasteiger partial charge in [-0.1, -0.05) is 30.3 Å². The van der Waals surface area contributed by atoms with Crippen LogP contribution < -0.4 is 0 Å². The van der Waals surface area contributed by atoms with Gasteiger partial charge >= 0.3 is 6.18 Å². The average Bonchev–Trinajstić information content (AvgIpc) is 2.60. The van der Waals surface area contributed by atoms with Crippen molar-refractivity contribution in [1.82, 2.24) is 0 Å². The second-order valence-electron chi connectivity index (χ2n) is 4.72. The summed E-state index contributed by atoms with van der Waals surface area (Å²) in [5.41, 5.74) is 0.998. The van der Waals surface area contributed by atoms with E-state index in [0.29, 0.717) is 24.6 Å². The first-order valence-corrected chi connectivity index (χ1v) is 6.78. The fourth-order valence-corrected chi connectivity index (χ4v) is 2.82. The van der Waals surface area contributed by atoms with Crippen molar-refractivity contribution in [2.75, 3.05) is 5.88 Å². The first-order valence-electron chi connectivity index (χ1n) is 5.79. The van der Waals surface area contributed by atoms with Crippen LogP contribution in [-0.2, 0) is 0 Å². The topological polar surface area (TPSA) is 32.6 Å². The zero-order valence-electron chi connectivity index (χ0n) is 10.7. The fourth-order valence-electron chi connectivity index (χ4n) is 1.85. The number of halogens is 3. The Balaban J connectivity index is 2.73. The highest BCUT2D eigenvalue weighted by molar-refractivity contribution is 8.01. The Bertz CT molecular complexity index is 361. The Hall–Kier alpha value is -0.490. The van der Waals surface area contributed by atoms with Gasteiger partial charge in [0, 0.05) is 0 Å². The monoisotopic (exact) mass is 281 g/mol. The molecule has 0 radical (unpaired) electrons. The van der Waals surface area contributed by atoms with Gasteiger partial charge in [-0.05, 0) is 32.6 Å². The van der Waals surface area contributed by atoms with Gasteiger partial charge in [0.15, 0.2) is 0 Å². The largest absolute Gasteiger partial charge is 0.432 e. The molecule has 0 aromatic heterocycles. The van der Waals surface area contributed by atoms with Crippen molar-refractivity contribution < 1.29 is 18.3 Å². The van der Waals surface area contributed by atoms with Crippen LogP contribution in [0.1, 0.15) is 33.6 Å². The molecule has 0 amide bonds. The van der Waals surface area contributed by atoms with Crippen molar-refractivity contribution in [2.45, 2.75) is 44.7 Å². The van der Waals surface area contributed by atoms with Crippen LogP contribution in [-0.4, -0.2) is 27.8 Å². The summed E-state index contributed by atoms with van der Waals surface area (Å²) >= 11 is 0.439. The molecule has 0 saturated heterocycles. The number of aliphatic hydroxyl groups is 1. The lowest BCUT2D eigenvalue weighted by Crippen LogP contribution is -2.49. The molecule has 0 spiro atoms. The third-order valence-electron chi connectivity index (χ3n) is 2.86. The fraction of sp³-hybridized carbons (Fsp3) is 0.750. The Kier molecular flexibility index (Phi) is 4.89. The second-order valence-corrected chi connectivity index (χ2v) is 5.86. The molecular weight excluding hydrogens is 263 g/mol. The summed E-state index contributed by atoms with van der Waals surface area (Å²) in [5, 5.41) is 9.76.